The molecule has 3 nitrogen and oxygen atoms in total. The molecular weight excluding hydrogens is 288 g/mol. The maximum atomic E-state index is 10.4. The zero-order valence-electron chi connectivity index (χ0n) is 12.4. The third-order valence-electron chi connectivity index (χ3n) is 3.55. The van der Waals surface area contributed by atoms with E-state index < -0.39 is 6.10 Å². The van der Waals surface area contributed by atoms with Gasteiger partial charge in [0.25, 0.3) is 0 Å². The molecule has 0 aromatic heterocycles. The standard InChI is InChI=1S/C17H19ClO3/c1-11-13(5-4-6-14(11)18)15(19)9-12-7-8-16(20-2)17(10-12)21-3/h4-8,10,15,19H,9H2,1-3H3. The van der Waals surface area contributed by atoms with E-state index in [1.807, 2.05) is 43.3 Å². The first-order chi connectivity index (χ1) is 10.1. The minimum absolute atomic E-state index is 0.488. The molecule has 2 rings (SSSR count). The minimum Gasteiger partial charge on any atom is -0.493 e. The molecule has 0 spiro atoms. The van der Waals surface area contributed by atoms with Crippen LogP contribution in [0.3, 0.4) is 0 Å². The Bertz CT molecular complexity index is 625. The summed E-state index contributed by atoms with van der Waals surface area (Å²) in [5, 5.41) is 11.1. The summed E-state index contributed by atoms with van der Waals surface area (Å²) in [4.78, 5) is 0. The van der Waals surface area contributed by atoms with E-state index in [-0.39, 0.29) is 0 Å². The molecule has 0 fully saturated rings. The SMILES string of the molecule is COc1ccc(CC(O)c2cccc(Cl)c2C)cc1OC. The fourth-order valence-electron chi connectivity index (χ4n) is 2.33. The second-order valence-electron chi connectivity index (χ2n) is 4.86. The average molecular weight is 307 g/mol. The van der Waals surface area contributed by atoms with E-state index in [4.69, 9.17) is 21.1 Å². The number of aliphatic hydroxyl groups excluding tert-OH is 1. The highest BCUT2D eigenvalue weighted by Gasteiger charge is 2.14. The minimum atomic E-state index is -0.609. The quantitative estimate of drug-likeness (QED) is 0.909. The van der Waals surface area contributed by atoms with Crippen molar-refractivity contribution in [3.63, 3.8) is 0 Å². The first kappa shape index (κ1) is 15.7. The van der Waals surface area contributed by atoms with Gasteiger partial charge in [-0.2, -0.15) is 0 Å². The summed E-state index contributed by atoms with van der Waals surface area (Å²) in [6.45, 7) is 1.91. The predicted octanol–water partition coefficient (Wildman–Crippen LogP) is 3.94. The average Bonchev–Trinajstić information content (AvgIpc) is 2.49. The lowest BCUT2D eigenvalue weighted by Crippen LogP contribution is -2.04. The van der Waals surface area contributed by atoms with E-state index in [0.717, 1.165) is 16.7 Å². The van der Waals surface area contributed by atoms with Gasteiger partial charge in [0.05, 0.1) is 20.3 Å². The Balaban J connectivity index is 2.23. The zero-order chi connectivity index (χ0) is 15.4. The molecule has 0 bridgehead atoms. The molecule has 21 heavy (non-hydrogen) atoms. The van der Waals surface area contributed by atoms with E-state index in [0.29, 0.717) is 22.9 Å². The van der Waals surface area contributed by atoms with Crippen LogP contribution in [-0.2, 0) is 6.42 Å². The number of hydrogen-bond donors (Lipinski definition) is 1. The van der Waals surface area contributed by atoms with Crippen molar-refractivity contribution in [2.45, 2.75) is 19.4 Å². The Morgan fingerprint density at radius 3 is 2.48 bits per heavy atom. The highest BCUT2D eigenvalue weighted by molar-refractivity contribution is 6.31. The number of aliphatic hydroxyl groups is 1. The van der Waals surface area contributed by atoms with Gasteiger partial charge in [-0.15, -0.1) is 0 Å². The smallest absolute Gasteiger partial charge is 0.160 e. The molecule has 4 heteroatoms. The Hall–Kier alpha value is -1.71. The Morgan fingerprint density at radius 1 is 1.10 bits per heavy atom. The first-order valence-electron chi connectivity index (χ1n) is 6.70. The van der Waals surface area contributed by atoms with Crippen LogP contribution in [0.4, 0.5) is 0 Å². The monoisotopic (exact) mass is 306 g/mol. The molecule has 112 valence electrons. The zero-order valence-corrected chi connectivity index (χ0v) is 13.1. The summed E-state index contributed by atoms with van der Waals surface area (Å²) in [5.74, 6) is 1.33. The highest BCUT2D eigenvalue weighted by Crippen LogP contribution is 2.31. The second-order valence-corrected chi connectivity index (χ2v) is 5.27. The van der Waals surface area contributed by atoms with Gasteiger partial charge in [0.2, 0.25) is 0 Å². The molecule has 2 aromatic rings. The topological polar surface area (TPSA) is 38.7 Å². The maximum Gasteiger partial charge on any atom is 0.160 e. The molecule has 0 aliphatic heterocycles. The first-order valence-corrected chi connectivity index (χ1v) is 7.08. The number of ether oxygens (including phenoxy) is 2. The Kier molecular flexibility index (Phi) is 5.10. The van der Waals surface area contributed by atoms with Gasteiger partial charge in [0.15, 0.2) is 11.5 Å². The Labute approximate surface area is 130 Å². The summed E-state index contributed by atoms with van der Waals surface area (Å²) in [6.07, 6.45) is -0.122. The predicted molar refractivity (Wildman–Crippen MR) is 84.4 cm³/mol. The second kappa shape index (κ2) is 6.83. The van der Waals surface area contributed by atoms with Gasteiger partial charge < -0.3 is 14.6 Å². The molecular formula is C17H19ClO3. The van der Waals surface area contributed by atoms with Crippen molar-refractivity contribution in [1.82, 2.24) is 0 Å². The van der Waals surface area contributed by atoms with Gasteiger partial charge in [-0.1, -0.05) is 29.8 Å². The number of hydrogen-bond acceptors (Lipinski definition) is 3. The summed E-state index contributed by atoms with van der Waals surface area (Å²) >= 11 is 6.10. The summed E-state index contributed by atoms with van der Waals surface area (Å²) in [6, 6.07) is 11.2. The van der Waals surface area contributed by atoms with Crippen LogP contribution in [0.15, 0.2) is 36.4 Å². The molecule has 2 aromatic carbocycles. The van der Waals surface area contributed by atoms with Crippen LogP contribution in [0.5, 0.6) is 11.5 Å². The van der Waals surface area contributed by atoms with E-state index in [9.17, 15) is 5.11 Å². The van der Waals surface area contributed by atoms with Gasteiger partial charge in [-0.3, -0.25) is 0 Å². The lowest BCUT2D eigenvalue weighted by molar-refractivity contribution is 0.177. The van der Waals surface area contributed by atoms with Crippen molar-refractivity contribution in [2.24, 2.45) is 0 Å². The van der Waals surface area contributed by atoms with Crippen LogP contribution < -0.4 is 9.47 Å². The normalized spacial score (nSPS) is 12.0. The van der Waals surface area contributed by atoms with Crippen molar-refractivity contribution in [3.05, 3.63) is 58.1 Å². The largest absolute Gasteiger partial charge is 0.493 e. The van der Waals surface area contributed by atoms with Crippen molar-refractivity contribution in [3.8, 4) is 11.5 Å². The van der Waals surface area contributed by atoms with E-state index in [2.05, 4.69) is 0 Å². The van der Waals surface area contributed by atoms with Gasteiger partial charge >= 0.3 is 0 Å². The van der Waals surface area contributed by atoms with Crippen LogP contribution >= 0.6 is 11.6 Å². The van der Waals surface area contributed by atoms with Crippen molar-refractivity contribution in [2.75, 3.05) is 14.2 Å². The van der Waals surface area contributed by atoms with Gasteiger partial charge in [-0.25, -0.2) is 0 Å². The van der Waals surface area contributed by atoms with Gasteiger partial charge in [-0.05, 0) is 41.8 Å². The van der Waals surface area contributed by atoms with Crippen molar-refractivity contribution in [1.29, 1.82) is 0 Å². The molecule has 0 saturated carbocycles. The molecule has 0 aliphatic carbocycles. The molecule has 1 unspecified atom stereocenters. The molecule has 0 aliphatic rings. The van der Waals surface area contributed by atoms with E-state index >= 15 is 0 Å². The number of halogens is 1. The van der Waals surface area contributed by atoms with Crippen LogP contribution in [0.25, 0.3) is 0 Å². The fraction of sp³-hybridized carbons (Fsp3) is 0.294. The number of benzene rings is 2. The molecule has 0 heterocycles. The third kappa shape index (κ3) is 3.49. The lowest BCUT2D eigenvalue weighted by atomic mass is 9.97. The summed E-state index contributed by atoms with van der Waals surface area (Å²) in [5.41, 5.74) is 2.73. The number of methoxy groups -OCH3 is 2. The van der Waals surface area contributed by atoms with Crippen molar-refractivity contribution >= 4 is 11.6 Å². The molecule has 1 atom stereocenters. The lowest BCUT2D eigenvalue weighted by Gasteiger charge is -2.16. The maximum absolute atomic E-state index is 10.4. The molecule has 1 N–H and O–H groups in total. The summed E-state index contributed by atoms with van der Waals surface area (Å²) in [7, 11) is 3.20. The third-order valence-corrected chi connectivity index (χ3v) is 3.96. The van der Waals surface area contributed by atoms with E-state index in [1.54, 1.807) is 14.2 Å². The molecule has 0 amide bonds. The van der Waals surface area contributed by atoms with Gasteiger partial charge in [0.1, 0.15) is 0 Å². The fourth-order valence-corrected chi connectivity index (χ4v) is 2.51. The van der Waals surface area contributed by atoms with Crippen LogP contribution in [-0.4, -0.2) is 19.3 Å². The van der Waals surface area contributed by atoms with Crippen LogP contribution in [0.1, 0.15) is 22.8 Å². The molecule has 0 saturated heterocycles. The highest BCUT2D eigenvalue weighted by atomic mass is 35.5. The molecule has 0 radical (unpaired) electrons. The Morgan fingerprint density at radius 2 is 1.81 bits per heavy atom. The van der Waals surface area contributed by atoms with Gasteiger partial charge in [0, 0.05) is 11.4 Å². The number of rotatable bonds is 5. The van der Waals surface area contributed by atoms with Crippen LogP contribution in [0.2, 0.25) is 5.02 Å². The summed E-state index contributed by atoms with van der Waals surface area (Å²) < 4.78 is 10.5. The van der Waals surface area contributed by atoms with Crippen molar-refractivity contribution < 1.29 is 14.6 Å². The van der Waals surface area contributed by atoms with Crippen LogP contribution in [0, 0.1) is 6.92 Å². The van der Waals surface area contributed by atoms with E-state index in [1.165, 1.54) is 0 Å².